The van der Waals surface area contributed by atoms with E-state index < -0.39 is 0 Å². The summed E-state index contributed by atoms with van der Waals surface area (Å²) in [7, 11) is 0. The van der Waals surface area contributed by atoms with Gasteiger partial charge in [-0.2, -0.15) is 0 Å². The van der Waals surface area contributed by atoms with Crippen molar-refractivity contribution in [3.8, 4) is 0 Å². The SMILES string of the molecule is O=C1c2cccc3cccc(c23)C(=O)N1c1nc2c(ccc3ccccc32)s1. The number of aromatic nitrogens is 1. The van der Waals surface area contributed by atoms with E-state index in [4.69, 9.17) is 4.98 Å². The third-order valence-corrected chi connectivity index (χ3v) is 6.24. The van der Waals surface area contributed by atoms with E-state index in [1.165, 1.54) is 16.2 Å². The predicted molar refractivity (Wildman–Crippen MR) is 112 cm³/mol. The molecule has 4 nitrogen and oxygen atoms in total. The van der Waals surface area contributed by atoms with Crippen LogP contribution in [0.5, 0.6) is 0 Å². The Morgan fingerprint density at radius 1 is 0.714 bits per heavy atom. The minimum atomic E-state index is -0.322. The molecule has 0 saturated heterocycles. The Morgan fingerprint density at radius 2 is 1.39 bits per heavy atom. The van der Waals surface area contributed by atoms with Crippen molar-refractivity contribution in [3.63, 3.8) is 0 Å². The molecule has 4 aromatic carbocycles. The molecule has 1 aliphatic heterocycles. The van der Waals surface area contributed by atoms with Gasteiger partial charge in [0.1, 0.15) is 0 Å². The molecular formula is C23H12N2O2S. The Balaban J connectivity index is 1.60. The van der Waals surface area contributed by atoms with Gasteiger partial charge in [-0.1, -0.05) is 65.9 Å². The number of nitrogens with zero attached hydrogens (tertiary/aromatic N) is 2. The van der Waals surface area contributed by atoms with Crippen LogP contribution in [-0.4, -0.2) is 16.8 Å². The molecule has 0 aliphatic carbocycles. The number of carbonyl (C=O) groups excluding carboxylic acids is 2. The maximum atomic E-state index is 13.2. The van der Waals surface area contributed by atoms with E-state index in [1.54, 1.807) is 12.1 Å². The molecule has 0 atom stereocenters. The summed E-state index contributed by atoms with van der Waals surface area (Å²) >= 11 is 1.36. The first-order chi connectivity index (χ1) is 13.7. The van der Waals surface area contributed by atoms with Gasteiger partial charge in [0.05, 0.1) is 10.2 Å². The van der Waals surface area contributed by atoms with Gasteiger partial charge in [0.25, 0.3) is 11.8 Å². The molecular weight excluding hydrogens is 368 g/mol. The third kappa shape index (κ3) is 1.96. The number of carbonyl (C=O) groups is 2. The highest BCUT2D eigenvalue weighted by Crippen LogP contribution is 2.38. The maximum absolute atomic E-state index is 13.2. The number of fused-ring (bicyclic) bond motifs is 3. The second kappa shape index (κ2) is 5.47. The van der Waals surface area contributed by atoms with Gasteiger partial charge >= 0.3 is 0 Å². The Labute approximate surface area is 163 Å². The van der Waals surface area contributed by atoms with Gasteiger partial charge in [-0.25, -0.2) is 9.88 Å². The number of hydrogen-bond donors (Lipinski definition) is 0. The van der Waals surface area contributed by atoms with Crippen molar-refractivity contribution in [2.45, 2.75) is 0 Å². The van der Waals surface area contributed by atoms with Gasteiger partial charge in [-0.15, -0.1) is 0 Å². The molecule has 1 aliphatic rings. The van der Waals surface area contributed by atoms with Crippen molar-refractivity contribution in [1.29, 1.82) is 0 Å². The fraction of sp³-hybridized carbons (Fsp3) is 0. The Hall–Kier alpha value is -3.57. The molecule has 132 valence electrons. The minimum Gasteiger partial charge on any atom is -0.268 e. The molecule has 5 aromatic rings. The number of hydrogen-bond acceptors (Lipinski definition) is 4. The first-order valence-corrected chi connectivity index (χ1v) is 9.73. The van der Waals surface area contributed by atoms with E-state index in [1.807, 2.05) is 60.7 Å². The Morgan fingerprint density at radius 3 is 2.14 bits per heavy atom. The van der Waals surface area contributed by atoms with Gasteiger partial charge in [-0.3, -0.25) is 9.59 Å². The topological polar surface area (TPSA) is 50.3 Å². The first kappa shape index (κ1) is 15.5. The lowest BCUT2D eigenvalue weighted by Crippen LogP contribution is -2.40. The van der Waals surface area contributed by atoms with Crippen molar-refractivity contribution in [2.75, 3.05) is 4.90 Å². The molecule has 28 heavy (non-hydrogen) atoms. The largest absolute Gasteiger partial charge is 0.268 e. The lowest BCUT2D eigenvalue weighted by molar-refractivity contribution is 0.0893. The van der Waals surface area contributed by atoms with Crippen LogP contribution in [0.2, 0.25) is 0 Å². The predicted octanol–water partition coefficient (Wildman–Crippen LogP) is 5.40. The summed E-state index contributed by atoms with van der Waals surface area (Å²) in [6.07, 6.45) is 0. The van der Waals surface area contributed by atoms with Gasteiger partial charge in [0.15, 0.2) is 0 Å². The number of amides is 2. The second-order valence-corrected chi connectivity index (χ2v) is 7.79. The lowest BCUT2D eigenvalue weighted by Gasteiger charge is -2.24. The fourth-order valence-electron chi connectivity index (χ4n) is 3.95. The van der Waals surface area contributed by atoms with Crippen LogP contribution >= 0.6 is 11.3 Å². The Bertz CT molecular complexity index is 1420. The van der Waals surface area contributed by atoms with Crippen LogP contribution in [0.4, 0.5) is 5.13 Å². The minimum absolute atomic E-state index is 0.322. The lowest BCUT2D eigenvalue weighted by atomic mass is 9.94. The maximum Gasteiger partial charge on any atom is 0.267 e. The quantitative estimate of drug-likeness (QED) is 0.366. The van der Waals surface area contributed by atoms with Crippen molar-refractivity contribution in [2.24, 2.45) is 0 Å². The van der Waals surface area contributed by atoms with Crippen LogP contribution in [0.25, 0.3) is 31.8 Å². The molecule has 0 N–H and O–H groups in total. The van der Waals surface area contributed by atoms with E-state index in [-0.39, 0.29) is 11.8 Å². The van der Waals surface area contributed by atoms with Gasteiger partial charge in [0.2, 0.25) is 5.13 Å². The molecule has 1 aromatic heterocycles. The molecule has 0 bridgehead atoms. The molecule has 5 heteroatoms. The second-order valence-electron chi connectivity index (χ2n) is 6.78. The molecule has 0 spiro atoms. The first-order valence-electron chi connectivity index (χ1n) is 8.91. The average molecular weight is 380 g/mol. The number of benzene rings is 4. The third-order valence-electron chi connectivity index (χ3n) is 5.24. The highest BCUT2D eigenvalue weighted by molar-refractivity contribution is 7.22. The number of imide groups is 1. The summed E-state index contributed by atoms with van der Waals surface area (Å²) in [6.45, 7) is 0. The Kier molecular flexibility index (Phi) is 3.02. The van der Waals surface area contributed by atoms with Crippen molar-refractivity contribution >= 4 is 60.0 Å². The average Bonchev–Trinajstić information content (AvgIpc) is 3.16. The van der Waals surface area contributed by atoms with Crippen molar-refractivity contribution < 1.29 is 9.59 Å². The number of rotatable bonds is 1. The highest BCUT2D eigenvalue weighted by Gasteiger charge is 2.35. The van der Waals surface area contributed by atoms with Crippen LogP contribution in [0, 0.1) is 0 Å². The summed E-state index contributed by atoms with van der Waals surface area (Å²) in [5.41, 5.74) is 1.89. The molecule has 6 rings (SSSR count). The number of thiazole rings is 1. The van der Waals surface area contributed by atoms with Gasteiger partial charge in [0, 0.05) is 21.9 Å². The molecule has 0 fully saturated rings. The fourth-order valence-corrected chi connectivity index (χ4v) is 4.93. The molecule has 2 heterocycles. The zero-order valence-corrected chi connectivity index (χ0v) is 15.4. The van der Waals surface area contributed by atoms with E-state index in [9.17, 15) is 9.59 Å². The summed E-state index contributed by atoms with van der Waals surface area (Å²) < 4.78 is 0.950. The van der Waals surface area contributed by atoms with Crippen LogP contribution < -0.4 is 4.90 Å². The molecule has 0 saturated carbocycles. The van der Waals surface area contributed by atoms with Crippen LogP contribution in [0.1, 0.15) is 20.7 Å². The standard InChI is InChI=1S/C23H12N2O2S/c26-21-16-9-3-6-14-7-4-10-17(19(14)16)22(27)25(21)23-24-20-15-8-2-1-5-13(15)11-12-18(20)28-23/h1-12H. The van der Waals surface area contributed by atoms with Crippen LogP contribution in [0.15, 0.2) is 72.8 Å². The molecule has 0 radical (unpaired) electrons. The van der Waals surface area contributed by atoms with Crippen LogP contribution in [0.3, 0.4) is 0 Å². The number of anilines is 1. The smallest absolute Gasteiger partial charge is 0.267 e. The highest BCUT2D eigenvalue weighted by atomic mass is 32.1. The van der Waals surface area contributed by atoms with Crippen molar-refractivity contribution in [3.05, 3.63) is 83.9 Å². The van der Waals surface area contributed by atoms with E-state index in [0.29, 0.717) is 16.3 Å². The zero-order valence-electron chi connectivity index (χ0n) is 14.5. The van der Waals surface area contributed by atoms with Crippen molar-refractivity contribution in [1.82, 2.24) is 4.98 Å². The van der Waals surface area contributed by atoms with Crippen LogP contribution in [-0.2, 0) is 0 Å². The summed E-state index contributed by atoms with van der Waals surface area (Å²) in [5.74, 6) is -0.643. The zero-order chi connectivity index (χ0) is 18.8. The van der Waals surface area contributed by atoms with Gasteiger partial charge < -0.3 is 0 Å². The van der Waals surface area contributed by atoms with E-state index in [0.717, 1.165) is 31.8 Å². The summed E-state index contributed by atoms with van der Waals surface area (Å²) in [5, 5.41) is 4.13. The van der Waals surface area contributed by atoms with Gasteiger partial charge in [-0.05, 0) is 29.0 Å². The van der Waals surface area contributed by atoms with E-state index >= 15 is 0 Å². The molecule has 2 amide bonds. The van der Waals surface area contributed by atoms with E-state index in [2.05, 4.69) is 0 Å². The summed E-state index contributed by atoms with van der Waals surface area (Å²) in [6, 6.07) is 23.1. The monoisotopic (exact) mass is 380 g/mol. The normalized spacial score (nSPS) is 13.8. The summed E-state index contributed by atoms with van der Waals surface area (Å²) in [4.78, 5) is 32.4. The molecule has 0 unspecified atom stereocenters.